The monoisotopic (exact) mass is 430 g/mol. The van der Waals surface area contributed by atoms with Gasteiger partial charge in [0.05, 0.1) is 10.0 Å². The minimum absolute atomic E-state index is 0.343. The highest BCUT2D eigenvalue weighted by molar-refractivity contribution is 9.10. The summed E-state index contributed by atoms with van der Waals surface area (Å²) in [6, 6.07) is 4.90. The van der Waals surface area contributed by atoms with Crippen molar-refractivity contribution in [2.24, 2.45) is 0 Å². The van der Waals surface area contributed by atoms with Crippen molar-refractivity contribution in [3.8, 4) is 0 Å². The molecule has 0 radical (unpaired) electrons. The maximum Gasteiger partial charge on any atom is 0.417 e. The third kappa shape index (κ3) is 4.00. The number of piperazine rings is 1. The molecule has 1 aliphatic rings. The lowest BCUT2D eigenvalue weighted by Gasteiger charge is -2.36. The smallest absolute Gasteiger partial charge is 0.361 e. The second-order valence-electron chi connectivity index (χ2n) is 6.15. The molecule has 1 saturated heterocycles. The van der Waals surface area contributed by atoms with E-state index in [1.807, 2.05) is 36.0 Å². The van der Waals surface area contributed by atoms with E-state index < -0.39 is 11.7 Å². The van der Waals surface area contributed by atoms with E-state index in [4.69, 9.17) is 0 Å². The van der Waals surface area contributed by atoms with Gasteiger partial charge in [0.1, 0.15) is 5.82 Å². The highest BCUT2D eigenvalue weighted by Gasteiger charge is 2.32. The maximum atomic E-state index is 12.8. The number of rotatable bonds is 3. The molecule has 1 aliphatic heterocycles. The van der Waals surface area contributed by atoms with Crippen LogP contribution in [0.2, 0.25) is 0 Å². The summed E-state index contributed by atoms with van der Waals surface area (Å²) in [4.78, 5) is 9.94. The second-order valence-corrected chi connectivity index (χ2v) is 7.00. The Bertz CT molecular complexity index is 758. The second kappa shape index (κ2) is 7.26. The summed E-state index contributed by atoms with van der Waals surface area (Å²) in [5.74, 6) is 2.09. The average molecular weight is 431 g/mol. The summed E-state index contributed by atoms with van der Waals surface area (Å²) in [5, 5.41) is 8.42. The first-order chi connectivity index (χ1) is 12.3. The van der Waals surface area contributed by atoms with Crippen LogP contribution in [-0.2, 0) is 6.18 Å². The van der Waals surface area contributed by atoms with Crippen LogP contribution >= 0.6 is 15.9 Å². The van der Waals surface area contributed by atoms with Crippen LogP contribution in [-0.4, -0.2) is 55.5 Å². The predicted molar refractivity (Wildman–Crippen MR) is 97.7 cm³/mol. The Hall–Kier alpha value is -2.10. The molecule has 0 amide bonds. The van der Waals surface area contributed by atoms with E-state index in [-0.39, 0.29) is 0 Å². The van der Waals surface area contributed by atoms with Crippen LogP contribution < -0.4 is 14.7 Å². The fourth-order valence-electron chi connectivity index (χ4n) is 2.69. The summed E-state index contributed by atoms with van der Waals surface area (Å²) in [6.07, 6.45) is -3.53. The largest absolute Gasteiger partial charge is 0.417 e. The Morgan fingerprint density at radius 2 is 1.69 bits per heavy atom. The number of alkyl halides is 3. The summed E-state index contributed by atoms with van der Waals surface area (Å²) >= 11 is 3.21. The van der Waals surface area contributed by atoms with Gasteiger partial charge in [-0.15, -0.1) is 10.2 Å². The molecular formula is C16H18BrF3N6. The van der Waals surface area contributed by atoms with Crippen LogP contribution in [0.4, 0.5) is 30.6 Å². The van der Waals surface area contributed by atoms with Crippen molar-refractivity contribution in [1.29, 1.82) is 0 Å². The van der Waals surface area contributed by atoms with E-state index in [0.717, 1.165) is 23.9 Å². The van der Waals surface area contributed by atoms with Crippen LogP contribution in [0.25, 0.3) is 0 Å². The van der Waals surface area contributed by atoms with Crippen molar-refractivity contribution in [1.82, 2.24) is 15.2 Å². The Kier molecular flexibility index (Phi) is 5.22. The third-order valence-electron chi connectivity index (χ3n) is 4.15. The van der Waals surface area contributed by atoms with Gasteiger partial charge in [-0.05, 0) is 34.1 Å². The molecule has 0 N–H and O–H groups in total. The van der Waals surface area contributed by atoms with E-state index in [9.17, 15) is 13.2 Å². The molecule has 0 aromatic carbocycles. The molecule has 3 rings (SSSR count). The van der Waals surface area contributed by atoms with Crippen molar-refractivity contribution in [3.05, 3.63) is 34.4 Å². The minimum Gasteiger partial charge on any atom is -0.361 e. The Morgan fingerprint density at radius 1 is 1.04 bits per heavy atom. The van der Waals surface area contributed by atoms with Gasteiger partial charge in [-0.3, -0.25) is 0 Å². The SMILES string of the molecule is CN(C)c1ccc(N2CCN(c3ncc(C(F)(F)F)cc3Br)CC2)nn1. The van der Waals surface area contributed by atoms with Gasteiger partial charge in [-0.1, -0.05) is 0 Å². The molecule has 2 aromatic rings. The molecule has 0 spiro atoms. The summed E-state index contributed by atoms with van der Waals surface area (Å²) in [5.41, 5.74) is -0.761. The van der Waals surface area contributed by atoms with Gasteiger partial charge in [0.2, 0.25) is 0 Å². The number of pyridine rings is 1. The number of anilines is 3. The highest BCUT2D eigenvalue weighted by atomic mass is 79.9. The first-order valence-electron chi connectivity index (χ1n) is 7.99. The summed E-state index contributed by atoms with van der Waals surface area (Å²) in [6.45, 7) is 2.64. The van der Waals surface area contributed by atoms with Crippen LogP contribution in [0, 0.1) is 0 Å². The van der Waals surface area contributed by atoms with Crippen LogP contribution in [0.15, 0.2) is 28.9 Å². The zero-order valence-corrected chi connectivity index (χ0v) is 15.9. The summed E-state index contributed by atoms with van der Waals surface area (Å²) in [7, 11) is 3.80. The summed E-state index contributed by atoms with van der Waals surface area (Å²) < 4.78 is 38.6. The quantitative estimate of drug-likeness (QED) is 0.745. The third-order valence-corrected chi connectivity index (χ3v) is 4.73. The fraction of sp³-hybridized carbons (Fsp3) is 0.438. The Morgan fingerprint density at radius 3 is 2.19 bits per heavy atom. The molecule has 0 unspecified atom stereocenters. The molecule has 2 aromatic heterocycles. The lowest BCUT2D eigenvalue weighted by Crippen LogP contribution is -2.47. The van der Waals surface area contributed by atoms with Crippen molar-refractivity contribution in [3.63, 3.8) is 0 Å². The van der Waals surface area contributed by atoms with Crippen LogP contribution in [0.5, 0.6) is 0 Å². The first kappa shape index (κ1) is 18.7. The Labute approximate surface area is 157 Å². The maximum absolute atomic E-state index is 12.8. The van der Waals surface area contributed by atoms with Gasteiger partial charge in [0.25, 0.3) is 0 Å². The van der Waals surface area contributed by atoms with Gasteiger partial charge in [0, 0.05) is 46.5 Å². The van der Waals surface area contributed by atoms with E-state index >= 15 is 0 Å². The molecule has 0 aliphatic carbocycles. The number of aromatic nitrogens is 3. The molecule has 6 nitrogen and oxygen atoms in total. The van der Waals surface area contributed by atoms with Gasteiger partial charge < -0.3 is 14.7 Å². The number of hydrogen-bond acceptors (Lipinski definition) is 6. The number of nitrogens with zero attached hydrogens (tertiary/aromatic N) is 6. The first-order valence-corrected chi connectivity index (χ1v) is 8.78. The van der Waals surface area contributed by atoms with E-state index in [1.54, 1.807) is 0 Å². The highest BCUT2D eigenvalue weighted by Crippen LogP contribution is 2.34. The lowest BCUT2D eigenvalue weighted by molar-refractivity contribution is -0.137. The van der Waals surface area contributed by atoms with Crippen molar-refractivity contribution in [2.45, 2.75) is 6.18 Å². The average Bonchev–Trinajstić information content (AvgIpc) is 2.61. The molecule has 0 saturated carbocycles. The minimum atomic E-state index is -4.40. The molecule has 10 heteroatoms. The topological polar surface area (TPSA) is 48.4 Å². The van der Waals surface area contributed by atoms with Crippen LogP contribution in [0.1, 0.15) is 5.56 Å². The Balaban J connectivity index is 1.67. The molecule has 140 valence electrons. The van der Waals surface area contributed by atoms with Crippen LogP contribution in [0.3, 0.4) is 0 Å². The molecule has 1 fully saturated rings. The van der Waals surface area contributed by atoms with Gasteiger partial charge in [-0.25, -0.2) is 4.98 Å². The van der Waals surface area contributed by atoms with Gasteiger partial charge in [-0.2, -0.15) is 13.2 Å². The lowest BCUT2D eigenvalue weighted by atomic mass is 10.2. The zero-order valence-electron chi connectivity index (χ0n) is 14.3. The predicted octanol–water partition coefficient (Wildman–Crippen LogP) is 3.05. The van der Waals surface area contributed by atoms with Crippen molar-refractivity contribution in [2.75, 3.05) is 55.0 Å². The molecule has 26 heavy (non-hydrogen) atoms. The standard InChI is InChI=1S/C16H18BrF3N6/c1-24(2)13-3-4-14(23-22-13)25-5-7-26(8-6-25)15-12(17)9-11(10-21-15)16(18,19)20/h3-4,9-10H,5-8H2,1-2H3. The molecule has 0 bridgehead atoms. The van der Waals surface area contributed by atoms with Gasteiger partial charge >= 0.3 is 6.18 Å². The van der Waals surface area contributed by atoms with E-state index in [0.29, 0.717) is 36.5 Å². The van der Waals surface area contributed by atoms with E-state index in [2.05, 4.69) is 36.0 Å². The van der Waals surface area contributed by atoms with Crippen molar-refractivity contribution < 1.29 is 13.2 Å². The number of hydrogen-bond donors (Lipinski definition) is 0. The normalized spacial score (nSPS) is 15.3. The zero-order chi connectivity index (χ0) is 18.9. The fourth-order valence-corrected chi connectivity index (χ4v) is 3.29. The molecule has 3 heterocycles. The van der Waals surface area contributed by atoms with Crippen molar-refractivity contribution >= 4 is 33.4 Å². The van der Waals surface area contributed by atoms with Gasteiger partial charge in [0.15, 0.2) is 11.6 Å². The van der Waals surface area contributed by atoms with E-state index in [1.165, 1.54) is 0 Å². The number of halogens is 4. The molecular weight excluding hydrogens is 413 g/mol. The molecule has 0 atom stereocenters.